The van der Waals surface area contributed by atoms with Gasteiger partial charge in [-0.2, -0.15) is 0 Å². The molecular weight excluding hydrogens is 360 g/mol. The first-order chi connectivity index (χ1) is 12.5. The number of nitrogens with one attached hydrogen (secondary N) is 1. The molecule has 1 aromatic heterocycles. The van der Waals surface area contributed by atoms with Crippen LogP contribution in [0.5, 0.6) is 5.88 Å². The molecule has 0 atom stereocenters. The Morgan fingerprint density at radius 2 is 2.08 bits per heavy atom. The molecule has 2 saturated heterocycles. The van der Waals surface area contributed by atoms with E-state index in [4.69, 9.17) is 16.3 Å². The van der Waals surface area contributed by atoms with Crippen LogP contribution in [0, 0.1) is 0 Å². The van der Waals surface area contributed by atoms with E-state index in [0.29, 0.717) is 49.9 Å². The maximum Gasteiger partial charge on any atom is 0.324 e. The van der Waals surface area contributed by atoms with Crippen LogP contribution in [-0.4, -0.2) is 64.9 Å². The fraction of sp³-hybridized carbons (Fsp3) is 0.529. The number of hydrogen-bond donors (Lipinski definition) is 1. The average molecular weight is 381 g/mol. The maximum absolute atomic E-state index is 12.4. The lowest BCUT2D eigenvalue weighted by Gasteiger charge is -2.33. The molecule has 0 unspecified atom stereocenters. The van der Waals surface area contributed by atoms with Crippen molar-refractivity contribution in [1.82, 2.24) is 20.1 Å². The molecular formula is C17H21ClN4O4. The second-order valence-electron chi connectivity index (χ2n) is 6.33. The molecule has 0 aromatic carbocycles. The summed E-state index contributed by atoms with van der Waals surface area (Å²) in [5, 5.41) is 2.73. The van der Waals surface area contributed by atoms with Crippen molar-refractivity contribution in [2.24, 2.45) is 0 Å². The lowest BCUT2D eigenvalue weighted by Crippen LogP contribution is -2.50. The monoisotopic (exact) mass is 380 g/mol. The van der Waals surface area contributed by atoms with E-state index in [0.717, 1.165) is 0 Å². The molecule has 2 aliphatic rings. The number of urea groups is 1. The number of likely N-dealkylation sites (tertiary alicyclic amines) is 1. The Balaban J connectivity index is 1.41. The van der Waals surface area contributed by atoms with Gasteiger partial charge in [-0.3, -0.25) is 14.9 Å². The molecule has 2 fully saturated rings. The predicted octanol–water partition coefficient (Wildman–Crippen LogP) is 1.44. The Morgan fingerprint density at radius 1 is 1.31 bits per heavy atom. The molecule has 0 bridgehead atoms. The standard InChI is InChI=1S/C17H21ClN4O4/c18-13-2-1-7-19-16(13)26-12-3-8-21(9-4-12)15(24)6-11-22-10-5-14(23)20-17(22)25/h1-2,7,12H,3-6,8-11H2,(H,20,23,25). The Kier molecular flexibility index (Phi) is 5.92. The zero-order chi connectivity index (χ0) is 18.5. The summed E-state index contributed by atoms with van der Waals surface area (Å²) in [5.41, 5.74) is 0. The second kappa shape index (κ2) is 8.35. The largest absolute Gasteiger partial charge is 0.473 e. The molecule has 4 amide bonds. The highest BCUT2D eigenvalue weighted by Crippen LogP contribution is 2.24. The van der Waals surface area contributed by atoms with E-state index in [1.54, 1.807) is 23.2 Å². The molecule has 8 nitrogen and oxygen atoms in total. The molecule has 26 heavy (non-hydrogen) atoms. The first-order valence-corrected chi connectivity index (χ1v) is 9.04. The van der Waals surface area contributed by atoms with Crippen molar-refractivity contribution >= 4 is 29.4 Å². The van der Waals surface area contributed by atoms with Crippen LogP contribution in [0.25, 0.3) is 0 Å². The number of nitrogens with zero attached hydrogens (tertiary/aromatic N) is 3. The minimum atomic E-state index is -0.423. The van der Waals surface area contributed by atoms with Crippen LogP contribution in [0.2, 0.25) is 5.02 Å². The number of halogens is 1. The van der Waals surface area contributed by atoms with Crippen LogP contribution >= 0.6 is 11.6 Å². The van der Waals surface area contributed by atoms with E-state index in [1.807, 2.05) is 0 Å². The van der Waals surface area contributed by atoms with Crippen LogP contribution in [-0.2, 0) is 9.59 Å². The minimum Gasteiger partial charge on any atom is -0.473 e. The van der Waals surface area contributed by atoms with E-state index in [9.17, 15) is 14.4 Å². The highest BCUT2D eigenvalue weighted by molar-refractivity contribution is 6.31. The fourth-order valence-electron chi connectivity index (χ4n) is 3.04. The van der Waals surface area contributed by atoms with E-state index < -0.39 is 6.03 Å². The van der Waals surface area contributed by atoms with Gasteiger partial charge in [0.1, 0.15) is 11.1 Å². The maximum atomic E-state index is 12.4. The van der Waals surface area contributed by atoms with Crippen LogP contribution in [0.3, 0.4) is 0 Å². The first kappa shape index (κ1) is 18.4. The molecule has 0 saturated carbocycles. The Labute approximate surface area is 156 Å². The number of amides is 4. The number of hydrogen-bond acceptors (Lipinski definition) is 5. The fourth-order valence-corrected chi connectivity index (χ4v) is 3.21. The minimum absolute atomic E-state index is 0.00372. The van der Waals surface area contributed by atoms with Gasteiger partial charge >= 0.3 is 6.03 Å². The lowest BCUT2D eigenvalue weighted by molar-refractivity contribution is -0.133. The molecule has 3 heterocycles. The van der Waals surface area contributed by atoms with Crippen LogP contribution < -0.4 is 10.1 Å². The predicted molar refractivity (Wildman–Crippen MR) is 93.8 cm³/mol. The molecule has 0 radical (unpaired) electrons. The van der Waals surface area contributed by atoms with Gasteiger partial charge in [0.15, 0.2) is 0 Å². The van der Waals surface area contributed by atoms with Crippen molar-refractivity contribution in [3.8, 4) is 5.88 Å². The van der Waals surface area contributed by atoms with Gasteiger partial charge in [-0.25, -0.2) is 9.78 Å². The molecule has 3 rings (SSSR count). The van der Waals surface area contributed by atoms with Crippen molar-refractivity contribution in [3.63, 3.8) is 0 Å². The molecule has 140 valence electrons. The molecule has 1 aromatic rings. The summed E-state index contributed by atoms with van der Waals surface area (Å²) in [6, 6.07) is 3.05. The topological polar surface area (TPSA) is 91.8 Å². The van der Waals surface area contributed by atoms with Gasteiger partial charge in [0.05, 0.1) is 0 Å². The van der Waals surface area contributed by atoms with Crippen molar-refractivity contribution < 1.29 is 19.1 Å². The van der Waals surface area contributed by atoms with Gasteiger partial charge in [-0.1, -0.05) is 11.6 Å². The third-order valence-electron chi connectivity index (χ3n) is 4.54. The SMILES string of the molecule is O=C1CCN(CCC(=O)N2CCC(Oc3ncccc3Cl)CC2)C(=O)N1. The Morgan fingerprint density at radius 3 is 2.77 bits per heavy atom. The molecule has 2 aliphatic heterocycles. The summed E-state index contributed by atoms with van der Waals surface area (Å²) < 4.78 is 5.82. The highest BCUT2D eigenvalue weighted by atomic mass is 35.5. The summed E-state index contributed by atoms with van der Waals surface area (Å²) in [5.74, 6) is 0.154. The van der Waals surface area contributed by atoms with Gasteiger partial charge in [-0.05, 0) is 12.1 Å². The Bertz CT molecular complexity index is 691. The number of piperidine rings is 1. The van der Waals surface area contributed by atoms with E-state index in [1.165, 1.54) is 4.90 Å². The summed E-state index contributed by atoms with van der Waals surface area (Å²) in [6.07, 6.45) is 3.54. The van der Waals surface area contributed by atoms with E-state index >= 15 is 0 Å². The van der Waals surface area contributed by atoms with Gasteiger partial charge in [-0.15, -0.1) is 0 Å². The normalized spacial score (nSPS) is 18.7. The first-order valence-electron chi connectivity index (χ1n) is 8.66. The molecule has 9 heteroatoms. The highest BCUT2D eigenvalue weighted by Gasteiger charge is 2.27. The summed E-state index contributed by atoms with van der Waals surface area (Å²) in [7, 11) is 0. The van der Waals surface area contributed by atoms with Crippen LogP contribution in [0.15, 0.2) is 18.3 Å². The van der Waals surface area contributed by atoms with Gasteiger partial charge in [0, 0.05) is 58.1 Å². The van der Waals surface area contributed by atoms with Crippen molar-refractivity contribution in [3.05, 3.63) is 23.4 Å². The number of aromatic nitrogens is 1. The molecule has 1 N–H and O–H groups in total. The van der Waals surface area contributed by atoms with Crippen LogP contribution in [0.4, 0.5) is 4.79 Å². The molecule has 0 aliphatic carbocycles. The zero-order valence-corrected chi connectivity index (χ0v) is 15.1. The van der Waals surface area contributed by atoms with Crippen molar-refractivity contribution in [1.29, 1.82) is 0 Å². The third-order valence-corrected chi connectivity index (χ3v) is 4.82. The number of rotatable bonds is 5. The zero-order valence-electron chi connectivity index (χ0n) is 14.3. The number of imide groups is 1. The summed E-state index contributed by atoms with van der Waals surface area (Å²) in [6.45, 7) is 1.87. The average Bonchev–Trinajstić information content (AvgIpc) is 2.63. The third kappa shape index (κ3) is 4.63. The quantitative estimate of drug-likeness (QED) is 0.834. The summed E-state index contributed by atoms with van der Waals surface area (Å²) >= 11 is 6.05. The van der Waals surface area contributed by atoms with Gasteiger partial charge < -0.3 is 14.5 Å². The smallest absolute Gasteiger partial charge is 0.324 e. The number of pyridine rings is 1. The molecule has 0 spiro atoms. The summed E-state index contributed by atoms with van der Waals surface area (Å²) in [4.78, 5) is 42.6. The number of ether oxygens (including phenoxy) is 1. The lowest BCUT2D eigenvalue weighted by atomic mass is 10.1. The van der Waals surface area contributed by atoms with Gasteiger partial charge in [0.2, 0.25) is 17.7 Å². The van der Waals surface area contributed by atoms with Gasteiger partial charge in [0.25, 0.3) is 0 Å². The number of carbonyl (C=O) groups is 3. The second-order valence-corrected chi connectivity index (χ2v) is 6.74. The van der Waals surface area contributed by atoms with Crippen LogP contribution in [0.1, 0.15) is 25.7 Å². The number of carbonyl (C=O) groups excluding carboxylic acids is 3. The van der Waals surface area contributed by atoms with Crippen molar-refractivity contribution in [2.75, 3.05) is 26.2 Å². The van der Waals surface area contributed by atoms with E-state index in [2.05, 4.69) is 10.3 Å². The van der Waals surface area contributed by atoms with E-state index in [-0.39, 0.29) is 30.8 Å². The van der Waals surface area contributed by atoms with Crippen molar-refractivity contribution in [2.45, 2.75) is 31.8 Å². The Hall–Kier alpha value is -2.35.